The van der Waals surface area contributed by atoms with Gasteiger partial charge in [-0.25, -0.2) is 0 Å². The van der Waals surface area contributed by atoms with E-state index in [1.807, 2.05) is 0 Å². The number of carbonyl (C=O) groups excluding carboxylic acids is 2. The Morgan fingerprint density at radius 2 is 1.89 bits per heavy atom. The molecule has 0 aliphatic rings. The van der Waals surface area contributed by atoms with Gasteiger partial charge in [-0.05, 0) is 19.9 Å². The molecule has 2 N–H and O–H groups in total. The zero-order valence-electron chi connectivity index (χ0n) is 10.5. The molecule has 0 bridgehead atoms. The summed E-state index contributed by atoms with van der Waals surface area (Å²) >= 11 is 0. The van der Waals surface area contributed by atoms with Crippen LogP contribution in [0.15, 0.2) is 30.3 Å². The van der Waals surface area contributed by atoms with Gasteiger partial charge in [-0.2, -0.15) is 10.2 Å². The first kappa shape index (κ1) is 13.0. The lowest BCUT2D eigenvalue weighted by Crippen LogP contribution is -2.28. The summed E-state index contributed by atoms with van der Waals surface area (Å²) in [4.78, 5) is 23.6. The summed E-state index contributed by atoms with van der Waals surface area (Å²) < 4.78 is 0. The highest BCUT2D eigenvalue weighted by molar-refractivity contribution is 6.11. The molecule has 0 radical (unpaired) electrons. The van der Waals surface area contributed by atoms with Crippen molar-refractivity contribution in [1.29, 1.82) is 0 Å². The smallest absolute Gasteiger partial charge is 0.284 e. The van der Waals surface area contributed by atoms with Crippen molar-refractivity contribution >= 4 is 17.5 Å². The predicted octanol–water partition coefficient (Wildman–Crippen LogP) is 1.96. The zero-order chi connectivity index (χ0) is 14.0. The minimum Gasteiger partial charge on any atom is -0.294 e. The molecule has 0 saturated carbocycles. The molecule has 0 aliphatic heterocycles. The molecule has 1 aromatic heterocycles. The number of nitrogens with one attached hydrogen (secondary N) is 1. The largest absolute Gasteiger partial charge is 0.294 e. The Kier molecular flexibility index (Phi) is 3.43. The third-order valence-electron chi connectivity index (χ3n) is 2.64. The van der Waals surface area contributed by atoms with Crippen LogP contribution in [0, 0.1) is 6.92 Å². The Balaban J connectivity index is 2.37. The maximum absolute atomic E-state index is 12.1. The zero-order valence-corrected chi connectivity index (χ0v) is 10.5. The predicted molar refractivity (Wildman–Crippen MR) is 68.4 cm³/mol. The fourth-order valence-electron chi connectivity index (χ4n) is 1.71. The molecule has 0 aliphatic carbocycles. The SMILES string of the molecule is CC(=O)c1ccccc1C(=O)N(O)c1cc(C)[nH]n1. The van der Waals surface area contributed by atoms with Crippen LogP contribution >= 0.6 is 0 Å². The molecule has 1 amide bonds. The van der Waals surface area contributed by atoms with Crippen molar-refractivity contribution in [2.45, 2.75) is 13.8 Å². The Morgan fingerprint density at radius 1 is 1.26 bits per heavy atom. The number of hydrogen-bond donors (Lipinski definition) is 2. The summed E-state index contributed by atoms with van der Waals surface area (Å²) in [5.41, 5.74) is 1.11. The third kappa shape index (κ3) is 2.53. The van der Waals surface area contributed by atoms with Crippen molar-refractivity contribution in [2.75, 3.05) is 5.06 Å². The van der Waals surface area contributed by atoms with E-state index in [-0.39, 0.29) is 22.7 Å². The number of anilines is 1. The summed E-state index contributed by atoms with van der Waals surface area (Å²) in [7, 11) is 0. The summed E-state index contributed by atoms with van der Waals surface area (Å²) in [5, 5.41) is 16.7. The molecule has 2 rings (SSSR count). The Hall–Kier alpha value is -2.47. The average molecular weight is 259 g/mol. The minimum absolute atomic E-state index is 0.0841. The molecule has 0 fully saturated rings. The molecular weight excluding hydrogens is 246 g/mol. The normalized spacial score (nSPS) is 10.3. The highest BCUT2D eigenvalue weighted by Gasteiger charge is 2.21. The molecular formula is C13H13N3O3. The maximum Gasteiger partial charge on any atom is 0.284 e. The highest BCUT2D eigenvalue weighted by Crippen LogP contribution is 2.16. The van der Waals surface area contributed by atoms with Crippen LogP contribution in [0.4, 0.5) is 5.82 Å². The van der Waals surface area contributed by atoms with Gasteiger partial charge in [0.2, 0.25) is 0 Å². The van der Waals surface area contributed by atoms with E-state index in [9.17, 15) is 14.8 Å². The Labute approximate surface area is 109 Å². The van der Waals surface area contributed by atoms with E-state index in [2.05, 4.69) is 10.2 Å². The summed E-state index contributed by atoms with van der Waals surface area (Å²) in [6, 6.07) is 7.84. The maximum atomic E-state index is 12.1. The number of rotatable bonds is 3. The number of aryl methyl sites for hydroxylation is 1. The molecule has 1 aromatic carbocycles. The number of aromatic nitrogens is 2. The standard InChI is InChI=1S/C13H13N3O3/c1-8-7-12(15-14-8)16(19)13(18)11-6-4-3-5-10(11)9(2)17/h3-7,19H,1-2H3,(H,14,15). The van der Waals surface area contributed by atoms with Gasteiger partial charge in [0, 0.05) is 17.3 Å². The van der Waals surface area contributed by atoms with Crippen molar-refractivity contribution in [1.82, 2.24) is 10.2 Å². The number of hydrogen-bond acceptors (Lipinski definition) is 4. The van der Waals surface area contributed by atoms with Gasteiger partial charge in [0.25, 0.3) is 5.91 Å². The second kappa shape index (κ2) is 5.03. The molecule has 2 aromatic rings. The molecule has 0 unspecified atom stereocenters. The van der Waals surface area contributed by atoms with Gasteiger partial charge in [-0.15, -0.1) is 0 Å². The van der Waals surface area contributed by atoms with Gasteiger partial charge in [0.15, 0.2) is 11.6 Å². The number of H-pyrrole nitrogens is 1. The molecule has 6 nitrogen and oxygen atoms in total. The first-order valence-corrected chi connectivity index (χ1v) is 5.66. The van der Waals surface area contributed by atoms with Crippen molar-refractivity contribution in [3.8, 4) is 0 Å². The van der Waals surface area contributed by atoms with Gasteiger partial charge in [-0.1, -0.05) is 18.2 Å². The first-order chi connectivity index (χ1) is 9.00. The van der Waals surface area contributed by atoms with Crippen LogP contribution in [0.25, 0.3) is 0 Å². The van der Waals surface area contributed by atoms with Crippen LogP contribution < -0.4 is 5.06 Å². The van der Waals surface area contributed by atoms with E-state index in [1.165, 1.54) is 19.1 Å². The van der Waals surface area contributed by atoms with Crippen LogP contribution in [0.1, 0.15) is 33.3 Å². The number of nitrogens with zero attached hydrogens (tertiary/aromatic N) is 2. The van der Waals surface area contributed by atoms with E-state index in [0.717, 1.165) is 0 Å². The quantitative estimate of drug-likeness (QED) is 0.501. The van der Waals surface area contributed by atoms with Crippen LogP contribution in [-0.2, 0) is 0 Å². The molecule has 0 atom stereocenters. The lowest BCUT2D eigenvalue weighted by Gasteiger charge is -2.13. The molecule has 19 heavy (non-hydrogen) atoms. The fourth-order valence-corrected chi connectivity index (χ4v) is 1.71. The minimum atomic E-state index is -0.697. The topological polar surface area (TPSA) is 86.3 Å². The van der Waals surface area contributed by atoms with E-state index in [1.54, 1.807) is 25.1 Å². The van der Waals surface area contributed by atoms with Crippen molar-refractivity contribution < 1.29 is 14.8 Å². The van der Waals surface area contributed by atoms with Gasteiger partial charge in [0.1, 0.15) is 0 Å². The van der Waals surface area contributed by atoms with Crippen LogP contribution in [-0.4, -0.2) is 27.1 Å². The number of carbonyl (C=O) groups is 2. The van der Waals surface area contributed by atoms with Crippen LogP contribution in [0.2, 0.25) is 0 Å². The third-order valence-corrected chi connectivity index (χ3v) is 2.64. The number of aromatic amines is 1. The number of ketones is 1. The fraction of sp³-hybridized carbons (Fsp3) is 0.154. The van der Waals surface area contributed by atoms with Crippen molar-refractivity contribution in [3.05, 3.63) is 47.2 Å². The summed E-state index contributed by atoms with van der Waals surface area (Å²) in [6.45, 7) is 3.12. The average Bonchev–Trinajstić information content (AvgIpc) is 2.83. The van der Waals surface area contributed by atoms with E-state index in [4.69, 9.17) is 0 Å². The van der Waals surface area contributed by atoms with Gasteiger partial charge in [0.05, 0.1) is 5.56 Å². The Morgan fingerprint density at radius 3 is 2.42 bits per heavy atom. The van der Waals surface area contributed by atoms with Crippen LogP contribution in [0.5, 0.6) is 0 Å². The molecule has 1 heterocycles. The van der Waals surface area contributed by atoms with Gasteiger partial charge < -0.3 is 0 Å². The molecule has 6 heteroatoms. The second-order valence-corrected chi connectivity index (χ2v) is 4.13. The number of amides is 1. The van der Waals surface area contributed by atoms with E-state index in [0.29, 0.717) is 10.8 Å². The van der Waals surface area contributed by atoms with Gasteiger partial charge >= 0.3 is 0 Å². The monoisotopic (exact) mass is 259 g/mol. The van der Waals surface area contributed by atoms with Crippen molar-refractivity contribution in [2.24, 2.45) is 0 Å². The van der Waals surface area contributed by atoms with E-state index < -0.39 is 5.91 Å². The van der Waals surface area contributed by atoms with Gasteiger partial charge in [-0.3, -0.25) is 19.9 Å². The lowest BCUT2D eigenvalue weighted by molar-refractivity contribution is 0.0845. The molecule has 0 spiro atoms. The first-order valence-electron chi connectivity index (χ1n) is 5.66. The Bertz CT molecular complexity index is 634. The number of Topliss-reactive ketones (excluding diaryl/α,β-unsaturated/α-hetero) is 1. The highest BCUT2D eigenvalue weighted by atomic mass is 16.5. The number of benzene rings is 1. The summed E-state index contributed by atoms with van der Waals surface area (Å²) in [6.07, 6.45) is 0. The number of hydroxylamine groups is 1. The molecule has 98 valence electrons. The van der Waals surface area contributed by atoms with Crippen LogP contribution in [0.3, 0.4) is 0 Å². The second-order valence-electron chi connectivity index (χ2n) is 4.13. The van der Waals surface area contributed by atoms with E-state index >= 15 is 0 Å². The lowest BCUT2D eigenvalue weighted by atomic mass is 10.0. The van der Waals surface area contributed by atoms with Crippen molar-refractivity contribution in [3.63, 3.8) is 0 Å². The summed E-state index contributed by atoms with van der Waals surface area (Å²) in [5.74, 6) is -0.853. The molecule has 0 saturated heterocycles.